The number of phenols is 1. The molecule has 1 atom stereocenters. The number of phenolic OH excluding ortho intramolecular Hbond substituents is 1. The normalized spacial score (nSPS) is 16.8. The number of hydrogen-bond donors (Lipinski definition) is 2. The van der Waals surface area contributed by atoms with Crippen molar-refractivity contribution in [2.75, 3.05) is 26.2 Å². The Labute approximate surface area is 216 Å². The second-order valence-corrected chi connectivity index (χ2v) is 8.61. The minimum absolute atomic E-state index is 0.0885. The number of ether oxygens (including phenoxy) is 3. The van der Waals surface area contributed by atoms with Gasteiger partial charge in [-0.05, 0) is 42.0 Å². The van der Waals surface area contributed by atoms with Crippen molar-refractivity contribution in [1.29, 1.82) is 0 Å². The second-order valence-electron chi connectivity index (χ2n) is 7.77. The first-order chi connectivity index (χ1) is 17.2. The van der Waals surface area contributed by atoms with Gasteiger partial charge in [-0.2, -0.15) is 0 Å². The summed E-state index contributed by atoms with van der Waals surface area (Å²) in [5.41, 5.74) is 0.524. The highest BCUT2D eigenvalue weighted by atomic mass is 35.5. The number of nitrogens with zero attached hydrogens (tertiary/aromatic N) is 1. The summed E-state index contributed by atoms with van der Waals surface area (Å²) in [7, 11) is 4.17. The third kappa shape index (κ3) is 4.29. The van der Waals surface area contributed by atoms with Crippen LogP contribution < -0.4 is 19.1 Å². The Morgan fingerprint density at radius 2 is 1.58 bits per heavy atom. The van der Waals surface area contributed by atoms with E-state index in [1.165, 1.54) is 56.6 Å². The molecule has 3 aromatic rings. The highest BCUT2D eigenvalue weighted by Gasteiger charge is 2.47. The maximum absolute atomic E-state index is 13.4. The maximum Gasteiger partial charge on any atom is 0.300 e. The molecule has 186 valence electrons. The quantitative estimate of drug-likeness (QED) is 0.252. The summed E-state index contributed by atoms with van der Waals surface area (Å²) in [6, 6.07) is 12.5. The van der Waals surface area contributed by atoms with Crippen LogP contribution in [0.5, 0.6) is 23.0 Å². The van der Waals surface area contributed by atoms with Crippen molar-refractivity contribution in [2.45, 2.75) is 6.04 Å². The van der Waals surface area contributed by atoms with Gasteiger partial charge in [0.15, 0.2) is 11.5 Å². The van der Waals surface area contributed by atoms with Gasteiger partial charge in [0.05, 0.1) is 43.5 Å². The summed E-state index contributed by atoms with van der Waals surface area (Å²) in [5, 5.41) is 22.4. The fourth-order valence-electron chi connectivity index (χ4n) is 4.11. The van der Waals surface area contributed by atoms with E-state index in [0.29, 0.717) is 16.3 Å². The molecule has 1 amide bonds. The van der Waals surface area contributed by atoms with E-state index in [0.717, 1.165) is 0 Å². The van der Waals surface area contributed by atoms with Gasteiger partial charge in [-0.25, -0.2) is 0 Å². The SMILES string of the molecule is COc1ccc(C2/C(=C(\O)c3cc(OC)c(Cl)cc3OC)C(=O)C(=O)N2c2cccc(Cl)c2)cc1O. The van der Waals surface area contributed by atoms with E-state index in [2.05, 4.69) is 0 Å². The van der Waals surface area contributed by atoms with Crippen molar-refractivity contribution in [3.8, 4) is 23.0 Å². The number of aromatic hydroxyl groups is 1. The van der Waals surface area contributed by atoms with Gasteiger partial charge in [-0.15, -0.1) is 0 Å². The van der Waals surface area contributed by atoms with E-state index in [1.54, 1.807) is 24.3 Å². The van der Waals surface area contributed by atoms with Gasteiger partial charge in [0.2, 0.25) is 0 Å². The molecule has 0 aliphatic carbocycles. The standard InChI is InChI=1S/C26H21Cl2NO7/c1-34-19-8-7-13(9-18(19)30)23-22(24(31)16-11-21(36-3)17(28)12-20(16)35-2)25(32)26(33)29(23)15-6-4-5-14(27)10-15/h4-12,23,30-31H,1-3H3/b24-22+. The molecule has 1 saturated heterocycles. The lowest BCUT2D eigenvalue weighted by Crippen LogP contribution is -2.29. The van der Waals surface area contributed by atoms with Crippen molar-refractivity contribution < 1.29 is 34.0 Å². The fraction of sp³-hybridized carbons (Fsp3) is 0.154. The number of rotatable bonds is 6. The first-order valence-corrected chi connectivity index (χ1v) is 11.3. The second kappa shape index (κ2) is 10.0. The molecule has 2 N–H and O–H groups in total. The summed E-state index contributed by atoms with van der Waals surface area (Å²) in [5.74, 6) is -1.97. The van der Waals surface area contributed by atoms with Crippen molar-refractivity contribution in [2.24, 2.45) is 0 Å². The van der Waals surface area contributed by atoms with Crippen LogP contribution in [0.4, 0.5) is 5.69 Å². The lowest BCUT2D eigenvalue weighted by molar-refractivity contribution is -0.132. The predicted octanol–water partition coefficient (Wildman–Crippen LogP) is 5.35. The minimum atomic E-state index is -1.12. The number of carbonyl (C=O) groups excluding carboxylic acids is 2. The lowest BCUT2D eigenvalue weighted by atomic mass is 9.94. The Hall–Kier alpha value is -3.88. The van der Waals surface area contributed by atoms with Crippen LogP contribution in [-0.2, 0) is 9.59 Å². The van der Waals surface area contributed by atoms with Gasteiger partial charge < -0.3 is 24.4 Å². The van der Waals surface area contributed by atoms with Crippen LogP contribution in [0, 0.1) is 0 Å². The number of ketones is 1. The molecule has 36 heavy (non-hydrogen) atoms. The fourth-order valence-corrected chi connectivity index (χ4v) is 4.52. The molecule has 1 unspecified atom stereocenters. The van der Waals surface area contributed by atoms with Crippen LogP contribution in [0.1, 0.15) is 17.2 Å². The molecule has 8 nitrogen and oxygen atoms in total. The molecule has 1 heterocycles. The zero-order chi connectivity index (χ0) is 26.1. The summed E-state index contributed by atoms with van der Waals surface area (Å²) in [6.45, 7) is 0. The molecule has 10 heteroatoms. The number of carbonyl (C=O) groups is 2. The molecule has 0 saturated carbocycles. The van der Waals surface area contributed by atoms with E-state index in [9.17, 15) is 19.8 Å². The van der Waals surface area contributed by atoms with Crippen molar-refractivity contribution in [1.82, 2.24) is 0 Å². The van der Waals surface area contributed by atoms with Crippen LogP contribution in [0.25, 0.3) is 5.76 Å². The molecule has 0 radical (unpaired) electrons. The Balaban J connectivity index is 2.02. The third-order valence-electron chi connectivity index (χ3n) is 5.78. The summed E-state index contributed by atoms with van der Waals surface area (Å²) >= 11 is 12.4. The molecule has 1 aliphatic rings. The molecule has 1 aliphatic heterocycles. The monoisotopic (exact) mass is 529 g/mol. The average Bonchev–Trinajstić information content (AvgIpc) is 3.13. The first-order valence-electron chi connectivity index (χ1n) is 10.6. The number of aliphatic hydroxyl groups excluding tert-OH is 1. The molecule has 1 fully saturated rings. The first kappa shape index (κ1) is 25.2. The van der Waals surface area contributed by atoms with Crippen LogP contribution >= 0.6 is 23.2 Å². The van der Waals surface area contributed by atoms with E-state index < -0.39 is 23.5 Å². The Morgan fingerprint density at radius 3 is 2.19 bits per heavy atom. The van der Waals surface area contributed by atoms with Gasteiger partial charge in [0.1, 0.15) is 17.3 Å². The molecule has 0 spiro atoms. The zero-order valence-corrected chi connectivity index (χ0v) is 20.9. The van der Waals surface area contributed by atoms with E-state index in [4.69, 9.17) is 37.4 Å². The number of methoxy groups -OCH3 is 3. The van der Waals surface area contributed by atoms with Crippen LogP contribution in [0.15, 0.2) is 60.2 Å². The molecular formula is C26H21Cl2NO7. The van der Waals surface area contributed by atoms with Crippen molar-refractivity contribution >= 4 is 46.3 Å². The number of anilines is 1. The summed E-state index contributed by atoms with van der Waals surface area (Å²) in [4.78, 5) is 27.9. The number of aliphatic hydroxyl groups is 1. The van der Waals surface area contributed by atoms with Gasteiger partial charge in [0.25, 0.3) is 11.7 Å². The highest BCUT2D eigenvalue weighted by molar-refractivity contribution is 6.52. The minimum Gasteiger partial charge on any atom is -0.507 e. The molecule has 3 aromatic carbocycles. The topological polar surface area (TPSA) is 106 Å². The van der Waals surface area contributed by atoms with E-state index in [-0.39, 0.29) is 39.2 Å². The number of amides is 1. The Kier molecular flexibility index (Phi) is 7.01. The number of halogens is 2. The van der Waals surface area contributed by atoms with Crippen LogP contribution in [0.3, 0.4) is 0 Å². The average molecular weight is 530 g/mol. The molecule has 0 bridgehead atoms. The molecule has 4 rings (SSSR count). The largest absolute Gasteiger partial charge is 0.507 e. The van der Waals surface area contributed by atoms with Crippen LogP contribution in [0.2, 0.25) is 10.0 Å². The molecule has 0 aromatic heterocycles. The Bertz CT molecular complexity index is 1400. The number of hydrogen-bond acceptors (Lipinski definition) is 7. The van der Waals surface area contributed by atoms with Gasteiger partial charge in [0, 0.05) is 16.8 Å². The van der Waals surface area contributed by atoms with Gasteiger partial charge in [-0.3, -0.25) is 14.5 Å². The Morgan fingerprint density at radius 1 is 0.889 bits per heavy atom. The number of benzene rings is 3. The summed E-state index contributed by atoms with van der Waals surface area (Å²) < 4.78 is 15.7. The van der Waals surface area contributed by atoms with Crippen molar-refractivity contribution in [3.05, 3.63) is 81.3 Å². The summed E-state index contributed by atoms with van der Waals surface area (Å²) in [6.07, 6.45) is 0. The van der Waals surface area contributed by atoms with Gasteiger partial charge in [-0.1, -0.05) is 35.3 Å². The maximum atomic E-state index is 13.4. The third-order valence-corrected chi connectivity index (χ3v) is 6.31. The zero-order valence-electron chi connectivity index (χ0n) is 19.4. The predicted molar refractivity (Wildman–Crippen MR) is 135 cm³/mol. The number of Topliss-reactive ketones (excluding diaryl/α,β-unsaturated/α-hetero) is 1. The van der Waals surface area contributed by atoms with Crippen molar-refractivity contribution in [3.63, 3.8) is 0 Å². The van der Waals surface area contributed by atoms with Gasteiger partial charge >= 0.3 is 0 Å². The highest BCUT2D eigenvalue weighted by Crippen LogP contribution is 2.46. The smallest absolute Gasteiger partial charge is 0.300 e. The van der Waals surface area contributed by atoms with Crippen LogP contribution in [-0.4, -0.2) is 43.2 Å². The lowest BCUT2D eigenvalue weighted by Gasteiger charge is -2.26. The van der Waals surface area contributed by atoms with E-state index >= 15 is 0 Å². The van der Waals surface area contributed by atoms with E-state index in [1.807, 2.05) is 0 Å². The molecular weight excluding hydrogens is 509 g/mol.